The zero-order valence-corrected chi connectivity index (χ0v) is 10.9. The lowest BCUT2D eigenvalue weighted by Crippen LogP contribution is -2.31. The first-order valence-electron chi connectivity index (χ1n) is 4.87. The van der Waals surface area contributed by atoms with E-state index in [1.807, 2.05) is 0 Å². The Morgan fingerprint density at radius 3 is 2.76 bits per heavy atom. The van der Waals surface area contributed by atoms with Crippen LogP contribution in [0.1, 0.15) is 16.6 Å². The third kappa shape index (κ3) is 2.74. The number of carboxylic acid groups (broad SMARTS) is 1. The summed E-state index contributed by atoms with van der Waals surface area (Å²) < 4.78 is 25.5. The molecular weight excluding hydrogens is 262 g/mol. The van der Waals surface area contributed by atoms with Crippen molar-refractivity contribution in [3.8, 4) is 0 Å². The van der Waals surface area contributed by atoms with Crippen molar-refractivity contribution in [1.29, 1.82) is 0 Å². The minimum atomic E-state index is -3.75. The molecule has 0 saturated heterocycles. The predicted octanol–water partition coefficient (Wildman–Crippen LogP) is 1.64. The molecule has 0 fully saturated rings. The van der Waals surface area contributed by atoms with Crippen LogP contribution in [0.2, 0.25) is 0 Å². The fourth-order valence-electron chi connectivity index (χ4n) is 1.34. The standard InChI is InChI=1S/C10H13NO4S2/c1-3-6-11(4-2)17(14,15)8-5-7-16-9(8)10(12)13/h3,5,7H,1,4,6H2,2H3,(H,12,13). The highest BCUT2D eigenvalue weighted by Gasteiger charge is 2.28. The first kappa shape index (κ1) is 13.9. The van der Waals surface area contributed by atoms with Crippen molar-refractivity contribution in [2.75, 3.05) is 13.1 Å². The van der Waals surface area contributed by atoms with Crippen molar-refractivity contribution in [3.63, 3.8) is 0 Å². The van der Waals surface area contributed by atoms with Gasteiger partial charge in [-0.1, -0.05) is 13.0 Å². The zero-order chi connectivity index (χ0) is 13.1. The van der Waals surface area contributed by atoms with E-state index in [0.29, 0.717) is 0 Å². The number of hydrogen-bond acceptors (Lipinski definition) is 4. The van der Waals surface area contributed by atoms with Crippen molar-refractivity contribution in [2.45, 2.75) is 11.8 Å². The van der Waals surface area contributed by atoms with Crippen molar-refractivity contribution >= 4 is 27.3 Å². The fraction of sp³-hybridized carbons (Fsp3) is 0.300. The lowest BCUT2D eigenvalue weighted by molar-refractivity contribution is 0.0698. The summed E-state index contributed by atoms with van der Waals surface area (Å²) in [7, 11) is -3.75. The third-order valence-electron chi connectivity index (χ3n) is 2.13. The molecule has 17 heavy (non-hydrogen) atoms. The van der Waals surface area contributed by atoms with Gasteiger partial charge in [-0.2, -0.15) is 4.31 Å². The molecule has 0 aliphatic carbocycles. The highest BCUT2D eigenvalue weighted by atomic mass is 32.2. The van der Waals surface area contributed by atoms with Crippen molar-refractivity contribution in [2.24, 2.45) is 0 Å². The van der Waals surface area contributed by atoms with Gasteiger partial charge in [0.2, 0.25) is 10.0 Å². The van der Waals surface area contributed by atoms with Crippen LogP contribution in [-0.2, 0) is 10.0 Å². The highest BCUT2D eigenvalue weighted by Crippen LogP contribution is 2.25. The van der Waals surface area contributed by atoms with Crippen LogP contribution in [0.15, 0.2) is 29.0 Å². The van der Waals surface area contributed by atoms with E-state index in [-0.39, 0.29) is 22.9 Å². The molecule has 0 radical (unpaired) electrons. The lowest BCUT2D eigenvalue weighted by atomic mass is 10.5. The molecule has 0 aliphatic heterocycles. The Balaban J connectivity index is 3.25. The molecule has 1 aromatic rings. The van der Waals surface area contributed by atoms with Gasteiger partial charge in [0.1, 0.15) is 9.77 Å². The molecule has 1 N–H and O–H groups in total. The van der Waals surface area contributed by atoms with Gasteiger partial charge < -0.3 is 5.11 Å². The van der Waals surface area contributed by atoms with Crippen molar-refractivity contribution in [3.05, 3.63) is 29.0 Å². The molecule has 1 heterocycles. The van der Waals surface area contributed by atoms with Crippen LogP contribution >= 0.6 is 11.3 Å². The summed E-state index contributed by atoms with van der Waals surface area (Å²) in [6, 6.07) is 1.31. The second kappa shape index (κ2) is 5.44. The predicted molar refractivity (Wildman–Crippen MR) is 65.9 cm³/mol. The number of sulfonamides is 1. The SMILES string of the molecule is C=CCN(CC)S(=O)(=O)c1ccsc1C(=O)O. The molecule has 1 aromatic heterocycles. The van der Waals surface area contributed by atoms with Gasteiger partial charge in [-0.05, 0) is 11.4 Å². The molecule has 0 atom stereocenters. The van der Waals surface area contributed by atoms with Crippen LogP contribution in [0.3, 0.4) is 0 Å². The summed E-state index contributed by atoms with van der Waals surface area (Å²) in [5, 5.41) is 10.4. The maximum absolute atomic E-state index is 12.2. The van der Waals surface area contributed by atoms with E-state index < -0.39 is 16.0 Å². The fourth-order valence-corrected chi connectivity index (χ4v) is 3.99. The van der Waals surface area contributed by atoms with Gasteiger partial charge in [-0.25, -0.2) is 13.2 Å². The average Bonchev–Trinajstić information content (AvgIpc) is 2.74. The molecule has 0 bridgehead atoms. The van der Waals surface area contributed by atoms with Gasteiger partial charge in [-0.15, -0.1) is 17.9 Å². The largest absolute Gasteiger partial charge is 0.477 e. The maximum atomic E-state index is 12.2. The molecule has 1 rings (SSSR count). The molecule has 0 saturated carbocycles. The molecular formula is C10H13NO4S2. The van der Waals surface area contributed by atoms with Crippen LogP contribution in [-0.4, -0.2) is 36.9 Å². The number of hydrogen-bond donors (Lipinski definition) is 1. The molecule has 0 spiro atoms. The first-order valence-corrected chi connectivity index (χ1v) is 7.19. The van der Waals surface area contributed by atoms with E-state index in [1.54, 1.807) is 6.92 Å². The molecule has 5 nitrogen and oxygen atoms in total. The topological polar surface area (TPSA) is 74.7 Å². The number of thiophene rings is 1. The van der Waals surface area contributed by atoms with Crippen LogP contribution < -0.4 is 0 Å². The molecule has 0 aliphatic rings. The minimum absolute atomic E-state index is 0.154. The Hall–Kier alpha value is -1.18. The zero-order valence-electron chi connectivity index (χ0n) is 9.29. The molecule has 94 valence electrons. The second-order valence-electron chi connectivity index (χ2n) is 3.16. The highest BCUT2D eigenvalue weighted by molar-refractivity contribution is 7.89. The smallest absolute Gasteiger partial charge is 0.347 e. The van der Waals surface area contributed by atoms with Gasteiger partial charge in [0.15, 0.2) is 0 Å². The van der Waals surface area contributed by atoms with E-state index in [1.165, 1.54) is 21.8 Å². The Labute approximate surface area is 104 Å². The molecule has 0 amide bonds. The van der Waals surface area contributed by atoms with E-state index in [9.17, 15) is 13.2 Å². The van der Waals surface area contributed by atoms with Crippen LogP contribution in [0.25, 0.3) is 0 Å². The number of carbonyl (C=O) groups is 1. The summed E-state index contributed by atoms with van der Waals surface area (Å²) in [5.41, 5.74) is 0. The Morgan fingerprint density at radius 2 is 2.29 bits per heavy atom. The van der Waals surface area contributed by atoms with Gasteiger partial charge in [-0.3, -0.25) is 0 Å². The maximum Gasteiger partial charge on any atom is 0.347 e. The van der Waals surface area contributed by atoms with Crippen molar-refractivity contribution in [1.82, 2.24) is 4.31 Å². The molecule has 7 heteroatoms. The third-order valence-corrected chi connectivity index (χ3v) is 5.14. The number of rotatable bonds is 6. The summed E-state index contributed by atoms with van der Waals surface area (Å²) >= 11 is 0.899. The monoisotopic (exact) mass is 275 g/mol. The normalized spacial score (nSPS) is 11.6. The Bertz CT molecular complexity index is 518. The quantitative estimate of drug-likeness (QED) is 0.801. The summed E-state index contributed by atoms with van der Waals surface area (Å²) in [5.74, 6) is -1.23. The Morgan fingerprint density at radius 1 is 1.65 bits per heavy atom. The van der Waals surface area contributed by atoms with Gasteiger partial charge in [0, 0.05) is 13.1 Å². The van der Waals surface area contributed by atoms with Crippen LogP contribution in [0.4, 0.5) is 0 Å². The van der Waals surface area contributed by atoms with E-state index in [2.05, 4.69) is 6.58 Å². The Kier molecular flexibility index (Phi) is 4.44. The average molecular weight is 275 g/mol. The molecule has 0 unspecified atom stereocenters. The lowest BCUT2D eigenvalue weighted by Gasteiger charge is -2.18. The minimum Gasteiger partial charge on any atom is -0.477 e. The number of aromatic carboxylic acids is 1. The summed E-state index contributed by atoms with van der Waals surface area (Å²) in [4.78, 5) is 10.6. The van der Waals surface area contributed by atoms with E-state index in [4.69, 9.17) is 5.11 Å². The second-order valence-corrected chi connectivity index (χ2v) is 5.99. The van der Waals surface area contributed by atoms with Gasteiger partial charge in [0.25, 0.3) is 0 Å². The van der Waals surface area contributed by atoms with Crippen LogP contribution in [0, 0.1) is 0 Å². The van der Waals surface area contributed by atoms with Gasteiger partial charge in [0.05, 0.1) is 0 Å². The first-order chi connectivity index (χ1) is 7.95. The van der Waals surface area contributed by atoms with E-state index in [0.717, 1.165) is 11.3 Å². The molecule has 0 aromatic carbocycles. The number of likely N-dealkylation sites (N-methyl/N-ethyl adjacent to an activating group) is 1. The summed E-state index contributed by atoms with van der Waals surface area (Å²) in [6.07, 6.45) is 1.47. The number of nitrogens with zero attached hydrogens (tertiary/aromatic N) is 1. The van der Waals surface area contributed by atoms with Crippen molar-refractivity contribution < 1.29 is 18.3 Å². The summed E-state index contributed by atoms with van der Waals surface area (Å²) in [6.45, 7) is 5.60. The van der Waals surface area contributed by atoms with E-state index >= 15 is 0 Å². The number of carboxylic acids is 1. The van der Waals surface area contributed by atoms with Gasteiger partial charge >= 0.3 is 5.97 Å². The van der Waals surface area contributed by atoms with Crippen LogP contribution in [0.5, 0.6) is 0 Å².